The first-order chi connectivity index (χ1) is 10.1. The van der Waals surface area contributed by atoms with Crippen molar-refractivity contribution in [3.05, 3.63) is 0 Å². The summed E-state index contributed by atoms with van der Waals surface area (Å²) in [4.78, 5) is 23.1. The Bertz CT molecular complexity index is 285. The van der Waals surface area contributed by atoms with E-state index in [4.69, 9.17) is 10.2 Å². The zero-order chi connectivity index (χ0) is 15.9. The van der Waals surface area contributed by atoms with E-state index in [1.165, 1.54) is 0 Å². The number of hydrogen-bond acceptors (Lipinski definition) is 4. The quantitative estimate of drug-likeness (QED) is 0.377. The number of aliphatic hydroxyl groups is 2. The molecule has 4 N–H and O–H groups in total. The molecule has 0 fully saturated rings. The number of aliphatic hydroxyl groups excluding tert-OH is 2. The molecule has 0 saturated carbocycles. The maximum atomic E-state index is 11.6. The van der Waals surface area contributed by atoms with Crippen molar-refractivity contribution in [3.8, 4) is 0 Å². The molecule has 21 heavy (non-hydrogen) atoms. The van der Waals surface area contributed by atoms with Gasteiger partial charge in [0.25, 0.3) is 0 Å². The molecular weight excluding hydrogens is 272 g/mol. The third-order valence-corrected chi connectivity index (χ3v) is 3.14. The molecule has 0 aromatic rings. The molecule has 6 heteroatoms. The van der Waals surface area contributed by atoms with Gasteiger partial charge in [0, 0.05) is 38.6 Å². The Hall–Kier alpha value is -1.14. The summed E-state index contributed by atoms with van der Waals surface area (Å²) in [5.74, 6) is -0.0328. The Morgan fingerprint density at radius 2 is 1.38 bits per heavy atom. The number of nitrogens with one attached hydrogen (secondary N) is 2. The Balaban J connectivity index is 3.57. The molecule has 0 heterocycles. The molecule has 0 aromatic heterocycles. The Morgan fingerprint density at radius 1 is 0.857 bits per heavy atom. The summed E-state index contributed by atoms with van der Waals surface area (Å²) in [6.45, 7) is 2.63. The molecule has 0 aliphatic carbocycles. The average Bonchev–Trinajstić information content (AvgIpc) is 2.46. The van der Waals surface area contributed by atoms with Crippen LogP contribution in [0.3, 0.4) is 0 Å². The molecule has 0 saturated heterocycles. The van der Waals surface area contributed by atoms with Crippen molar-refractivity contribution in [2.75, 3.05) is 19.8 Å². The SMILES string of the molecule is CC(CNC(=O)CCCCCO)NC(=O)CCCCCO. The summed E-state index contributed by atoms with van der Waals surface area (Å²) in [5.41, 5.74) is 0. The predicted octanol–water partition coefficient (Wildman–Crippen LogP) is 0.713. The van der Waals surface area contributed by atoms with Crippen LogP contribution in [0.1, 0.15) is 58.3 Å². The monoisotopic (exact) mass is 302 g/mol. The number of hydrogen-bond donors (Lipinski definition) is 4. The van der Waals surface area contributed by atoms with Crippen LogP contribution in [-0.2, 0) is 9.59 Å². The van der Waals surface area contributed by atoms with Gasteiger partial charge in [0.05, 0.1) is 0 Å². The molecule has 0 radical (unpaired) electrons. The summed E-state index contributed by atoms with van der Waals surface area (Å²) >= 11 is 0. The molecule has 124 valence electrons. The Kier molecular flexibility index (Phi) is 13.1. The second-order valence-electron chi connectivity index (χ2n) is 5.34. The van der Waals surface area contributed by atoms with Crippen LogP contribution < -0.4 is 10.6 Å². The molecule has 6 nitrogen and oxygen atoms in total. The van der Waals surface area contributed by atoms with Crippen molar-refractivity contribution in [1.82, 2.24) is 10.6 Å². The zero-order valence-corrected chi connectivity index (χ0v) is 13.1. The minimum Gasteiger partial charge on any atom is -0.396 e. The maximum absolute atomic E-state index is 11.6. The van der Waals surface area contributed by atoms with Crippen molar-refractivity contribution in [3.63, 3.8) is 0 Å². The molecule has 2 amide bonds. The van der Waals surface area contributed by atoms with E-state index in [9.17, 15) is 9.59 Å². The second kappa shape index (κ2) is 13.8. The van der Waals surface area contributed by atoms with Crippen molar-refractivity contribution < 1.29 is 19.8 Å². The minimum atomic E-state index is -0.0864. The Morgan fingerprint density at radius 3 is 1.90 bits per heavy atom. The third-order valence-electron chi connectivity index (χ3n) is 3.14. The van der Waals surface area contributed by atoms with Crippen molar-refractivity contribution in [1.29, 1.82) is 0 Å². The van der Waals surface area contributed by atoms with Gasteiger partial charge in [-0.2, -0.15) is 0 Å². The number of carbonyl (C=O) groups excluding carboxylic acids is 2. The van der Waals surface area contributed by atoms with Crippen LogP contribution in [0, 0.1) is 0 Å². The smallest absolute Gasteiger partial charge is 0.220 e. The van der Waals surface area contributed by atoms with E-state index in [2.05, 4.69) is 10.6 Å². The van der Waals surface area contributed by atoms with Crippen LogP contribution in [0.25, 0.3) is 0 Å². The number of carbonyl (C=O) groups is 2. The van der Waals surface area contributed by atoms with Gasteiger partial charge < -0.3 is 20.8 Å². The minimum absolute atomic E-state index is 0.0161. The molecular formula is C15H30N2O4. The molecule has 1 unspecified atom stereocenters. The van der Waals surface area contributed by atoms with Gasteiger partial charge in [0.1, 0.15) is 0 Å². The maximum Gasteiger partial charge on any atom is 0.220 e. The highest BCUT2D eigenvalue weighted by Gasteiger charge is 2.08. The fourth-order valence-electron chi connectivity index (χ4n) is 1.90. The van der Waals surface area contributed by atoms with Gasteiger partial charge >= 0.3 is 0 Å². The van der Waals surface area contributed by atoms with E-state index in [1.54, 1.807) is 0 Å². The first-order valence-electron chi connectivity index (χ1n) is 7.88. The lowest BCUT2D eigenvalue weighted by Crippen LogP contribution is -2.41. The van der Waals surface area contributed by atoms with Crippen LogP contribution in [0.4, 0.5) is 0 Å². The molecule has 0 aliphatic heterocycles. The number of rotatable bonds is 13. The molecule has 0 rings (SSSR count). The number of unbranched alkanes of at least 4 members (excludes halogenated alkanes) is 4. The lowest BCUT2D eigenvalue weighted by molar-refractivity contribution is -0.123. The van der Waals surface area contributed by atoms with Gasteiger partial charge in [0.15, 0.2) is 0 Å². The van der Waals surface area contributed by atoms with Crippen LogP contribution >= 0.6 is 0 Å². The summed E-state index contributed by atoms with van der Waals surface area (Å²) in [5, 5.41) is 22.9. The zero-order valence-electron chi connectivity index (χ0n) is 13.1. The molecule has 0 aliphatic rings. The normalized spacial score (nSPS) is 12.0. The standard InChI is InChI=1S/C15H30N2O4/c1-13(17-15(21)9-5-3-7-11-19)12-16-14(20)8-4-2-6-10-18/h13,18-19H,2-12H2,1H3,(H,16,20)(H,17,21). The van der Waals surface area contributed by atoms with Gasteiger partial charge in [-0.1, -0.05) is 12.8 Å². The third kappa shape index (κ3) is 13.6. The van der Waals surface area contributed by atoms with Crippen LogP contribution in [-0.4, -0.2) is 47.8 Å². The topological polar surface area (TPSA) is 98.7 Å². The highest BCUT2D eigenvalue weighted by Crippen LogP contribution is 2.00. The highest BCUT2D eigenvalue weighted by atomic mass is 16.3. The van der Waals surface area contributed by atoms with E-state index in [0.717, 1.165) is 38.5 Å². The van der Waals surface area contributed by atoms with Gasteiger partial charge in [-0.3, -0.25) is 9.59 Å². The molecule has 1 atom stereocenters. The van der Waals surface area contributed by atoms with Crippen LogP contribution in [0.5, 0.6) is 0 Å². The van der Waals surface area contributed by atoms with E-state index >= 15 is 0 Å². The largest absolute Gasteiger partial charge is 0.396 e. The summed E-state index contributed by atoms with van der Waals surface area (Å²) in [6.07, 6.45) is 5.63. The van der Waals surface area contributed by atoms with Crippen molar-refractivity contribution in [2.45, 2.75) is 64.3 Å². The predicted molar refractivity (Wildman–Crippen MR) is 81.7 cm³/mol. The van der Waals surface area contributed by atoms with Crippen LogP contribution in [0.15, 0.2) is 0 Å². The van der Waals surface area contributed by atoms with E-state index in [-0.39, 0.29) is 31.1 Å². The van der Waals surface area contributed by atoms with E-state index in [1.807, 2.05) is 6.92 Å². The summed E-state index contributed by atoms with van der Waals surface area (Å²) < 4.78 is 0. The van der Waals surface area contributed by atoms with E-state index in [0.29, 0.717) is 19.4 Å². The van der Waals surface area contributed by atoms with Gasteiger partial charge in [-0.25, -0.2) is 0 Å². The molecule has 0 spiro atoms. The van der Waals surface area contributed by atoms with Gasteiger partial charge in [-0.15, -0.1) is 0 Å². The Labute approximate surface area is 127 Å². The first-order valence-corrected chi connectivity index (χ1v) is 7.88. The summed E-state index contributed by atoms with van der Waals surface area (Å²) in [6, 6.07) is -0.0864. The van der Waals surface area contributed by atoms with Gasteiger partial charge in [0.2, 0.25) is 11.8 Å². The fraction of sp³-hybridized carbons (Fsp3) is 0.867. The second-order valence-corrected chi connectivity index (χ2v) is 5.34. The first kappa shape index (κ1) is 19.9. The lowest BCUT2D eigenvalue weighted by atomic mass is 10.2. The van der Waals surface area contributed by atoms with Gasteiger partial charge in [-0.05, 0) is 32.6 Å². The lowest BCUT2D eigenvalue weighted by Gasteiger charge is -2.14. The number of amides is 2. The van der Waals surface area contributed by atoms with Crippen molar-refractivity contribution >= 4 is 11.8 Å². The molecule has 0 bridgehead atoms. The average molecular weight is 302 g/mol. The summed E-state index contributed by atoms with van der Waals surface area (Å²) in [7, 11) is 0. The fourth-order valence-corrected chi connectivity index (χ4v) is 1.90. The van der Waals surface area contributed by atoms with E-state index < -0.39 is 0 Å². The van der Waals surface area contributed by atoms with Crippen molar-refractivity contribution in [2.24, 2.45) is 0 Å². The highest BCUT2D eigenvalue weighted by molar-refractivity contribution is 5.77. The molecule has 0 aromatic carbocycles. The van der Waals surface area contributed by atoms with Crippen LogP contribution in [0.2, 0.25) is 0 Å².